The van der Waals surface area contributed by atoms with Crippen LogP contribution in [0, 0.1) is 0 Å². The van der Waals surface area contributed by atoms with E-state index in [1.165, 1.54) is 4.90 Å². The smallest absolute Gasteiger partial charge is 0.111 e. The molecule has 11 nitrogen and oxygen atoms in total. The van der Waals surface area contributed by atoms with Crippen molar-refractivity contribution >= 4 is 0 Å². The van der Waals surface area contributed by atoms with Crippen LogP contribution in [-0.4, -0.2) is 137 Å². The molecule has 0 spiro atoms. The lowest BCUT2D eigenvalue weighted by Gasteiger charge is -2.33. The monoisotopic (exact) mass is 385 g/mol. The summed E-state index contributed by atoms with van der Waals surface area (Å²) in [6, 6.07) is -0.0430. The molecule has 0 aliphatic heterocycles. The molecule has 0 bridgehead atoms. The largest absolute Gasteiger partial charge is 0.394 e. The predicted molar refractivity (Wildman–Crippen MR) is 86.8 cm³/mol. The van der Waals surface area contributed by atoms with E-state index in [-0.39, 0.29) is 19.1 Å². The lowest BCUT2D eigenvalue weighted by Crippen LogP contribution is -2.53. The number of hydrogen-bond donors (Lipinski definition) is 10. The van der Waals surface area contributed by atoms with Crippen LogP contribution < -0.4 is 0 Å². The van der Waals surface area contributed by atoms with Crippen molar-refractivity contribution in [1.82, 2.24) is 4.90 Å². The fourth-order valence-corrected chi connectivity index (χ4v) is 2.64. The van der Waals surface area contributed by atoms with Gasteiger partial charge in [0.25, 0.3) is 0 Å². The summed E-state index contributed by atoms with van der Waals surface area (Å²) in [4.78, 5) is 1.54. The Hall–Kier alpha value is -0.440. The summed E-state index contributed by atoms with van der Waals surface area (Å²) in [5.74, 6) is 0. The molecule has 0 amide bonds. The Kier molecular flexibility index (Phi) is 9.79. The first-order valence-electron chi connectivity index (χ1n) is 8.54. The summed E-state index contributed by atoms with van der Waals surface area (Å²) < 4.78 is 0. The molecule has 11 heteroatoms. The molecule has 0 radical (unpaired) electrons. The van der Waals surface area contributed by atoms with E-state index in [1.807, 2.05) is 0 Å². The van der Waals surface area contributed by atoms with Gasteiger partial charge >= 0.3 is 0 Å². The van der Waals surface area contributed by atoms with E-state index in [0.29, 0.717) is 0 Å². The number of aliphatic hydroxyl groups excluding tert-OH is 10. The molecule has 1 fully saturated rings. The number of rotatable bonds is 13. The maximum Gasteiger partial charge on any atom is 0.111 e. The summed E-state index contributed by atoms with van der Waals surface area (Å²) in [6.07, 6.45) is -11.8. The van der Waals surface area contributed by atoms with Gasteiger partial charge in [0.1, 0.15) is 36.6 Å². The summed E-state index contributed by atoms with van der Waals surface area (Å²) in [7, 11) is 0. The second kappa shape index (κ2) is 10.8. The van der Waals surface area contributed by atoms with Gasteiger partial charge in [-0.2, -0.15) is 0 Å². The van der Waals surface area contributed by atoms with E-state index >= 15 is 0 Å². The molecule has 1 rings (SSSR count). The molecule has 0 aromatic carbocycles. The average molecular weight is 385 g/mol. The second-order valence-corrected chi connectivity index (χ2v) is 6.78. The van der Waals surface area contributed by atoms with Gasteiger partial charge in [-0.05, 0) is 12.8 Å². The SMILES string of the molecule is OCC(O)C(O)C(O)C(O)CN(CC(O)C(O)C(O)C(O)CO)C1CC1. The summed E-state index contributed by atoms with van der Waals surface area (Å²) in [5, 5.41) is 95.3. The van der Waals surface area contributed by atoms with Crippen LogP contribution in [0.3, 0.4) is 0 Å². The normalized spacial score (nSPS) is 24.6. The van der Waals surface area contributed by atoms with E-state index in [4.69, 9.17) is 10.2 Å². The predicted octanol–water partition coefficient (Wildman–Crippen LogP) is -5.68. The van der Waals surface area contributed by atoms with Crippen LogP contribution in [0.1, 0.15) is 12.8 Å². The Morgan fingerprint density at radius 2 is 0.885 bits per heavy atom. The van der Waals surface area contributed by atoms with Crippen LogP contribution in [0.4, 0.5) is 0 Å². The van der Waals surface area contributed by atoms with Gasteiger partial charge in [-0.25, -0.2) is 0 Å². The van der Waals surface area contributed by atoms with Crippen molar-refractivity contribution in [3.63, 3.8) is 0 Å². The van der Waals surface area contributed by atoms with Crippen molar-refractivity contribution < 1.29 is 51.1 Å². The number of hydrogen-bond acceptors (Lipinski definition) is 11. The summed E-state index contributed by atoms with van der Waals surface area (Å²) in [6.45, 7) is -2.01. The van der Waals surface area contributed by atoms with Gasteiger partial charge in [0, 0.05) is 19.1 Å². The maximum absolute atomic E-state index is 10.1. The standard InChI is InChI=1S/C15H31NO10/c17-5-10(21)14(25)12(23)8(19)3-16(7-1-2-7)4-9(20)13(24)15(26)11(22)6-18/h7-15,17-26H,1-6H2. The molecule has 8 unspecified atom stereocenters. The molecule has 0 aromatic rings. The molecule has 0 saturated heterocycles. The zero-order valence-corrected chi connectivity index (χ0v) is 14.4. The highest BCUT2D eigenvalue weighted by atomic mass is 16.4. The van der Waals surface area contributed by atoms with E-state index < -0.39 is 62.0 Å². The van der Waals surface area contributed by atoms with Gasteiger partial charge < -0.3 is 51.1 Å². The third kappa shape index (κ3) is 6.62. The molecular formula is C15H31NO10. The van der Waals surface area contributed by atoms with Crippen molar-refractivity contribution in [3.05, 3.63) is 0 Å². The Morgan fingerprint density at radius 3 is 1.15 bits per heavy atom. The molecule has 1 aliphatic rings. The van der Waals surface area contributed by atoms with Gasteiger partial charge in [-0.15, -0.1) is 0 Å². The number of nitrogens with zero attached hydrogens (tertiary/aromatic N) is 1. The van der Waals surface area contributed by atoms with E-state index in [2.05, 4.69) is 0 Å². The first-order valence-corrected chi connectivity index (χ1v) is 8.54. The zero-order chi connectivity index (χ0) is 20.0. The Morgan fingerprint density at radius 1 is 0.577 bits per heavy atom. The minimum absolute atomic E-state index is 0.0430. The lowest BCUT2D eigenvalue weighted by molar-refractivity contribution is -0.131. The molecule has 156 valence electrons. The highest BCUT2D eigenvalue weighted by Crippen LogP contribution is 2.28. The molecule has 1 saturated carbocycles. The van der Waals surface area contributed by atoms with Gasteiger partial charge in [0.15, 0.2) is 0 Å². The van der Waals surface area contributed by atoms with Gasteiger partial charge in [-0.1, -0.05) is 0 Å². The van der Waals surface area contributed by atoms with Crippen LogP contribution >= 0.6 is 0 Å². The minimum Gasteiger partial charge on any atom is -0.394 e. The number of aliphatic hydroxyl groups is 10. The first-order chi connectivity index (χ1) is 12.1. The van der Waals surface area contributed by atoms with Crippen molar-refractivity contribution in [2.75, 3.05) is 26.3 Å². The highest BCUT2D eigenvalue weighted by molar-refractivity contribution is 4.92. The quantitative estimate of drug-likeness (QED) is 0.145. The third-order valence-corrected chi connectivity index (χ3v) is 4.56. The van der Waals surface area contributed by atoms with Gasteiger partial charge in [-0.3, -0.25) is 4.90 Å². The Labute approximate surface area is 151 Å². The first kappa shape index (κ1) is 23.6. The van der Waals surface area contributed by atoms with Gasteiger partial charge in [0.2, 0.25) is 0 Å². The van der Waals surface area contributed by atoms with Crippen molar-refractivity contribution in [2.24, 2.45) is 0 Å². The average Bonchev–Trinajstić information content (AvgIpc) is 3.48. The Balaban J connectivity index is 2.63. The molecule has 1 aliphatic carbocycles. The Bertz CT molecular complexity index is 369. The van der Waals surface area contributed by atoms with E-state index in [0.717, 1.165) is 12.8 Å². The highest BCUT2D eigenvalue weighted by Gasteiger charge is 2.38. The topological polar surface area (TPSA) is 206 Å². The molecule has 26 heavy (non-hydrogen) atoms. The van der Waals surface area contributed by atoms with Crippen molar-refractivity contribution in [2.45, 2.75) is 67.7 Å². The lowest BCUT2D eigenvalue weighted by atomic mass is 10.0. The fraction of sp³-hybridized carbons (Fsp3) is 1.00. The molecule has 8 atom stereocenters. The van der Waals surface area contributed by atoms with E-state index in [9.17, 15) is 40.9 Å². The van der Waals surface area contributed by atoms with Crippen LogP contribution in [-0.2, 0) is 0 Å². The van der Waals surface area contributed by atoms with Crippen LogP contribution in [0.2, 0.25) is 0 Å². The summed E-state index contributed by atoms with van der Waals surface area (Å²) >= 11 is 0. The molecule has 0 aromatic heterocycles. The zero-order valence-electron chi connectivity index (χ0n) is 14.4. The van der Waals surface area contributed by atoms with Crippen molar-refractivity contribution in [3.8, 4) is 0 Å². The van der Waals surface area contributed by atoms with E-state index in [1.54, 1.807) is 0 Å². The fourth-order valence-electron chi connectivity index (χ4n) is 2.64. The molecule has 0 heterocycles. The van der Waals surface area contributed by atoms with Gasteiger partial charge in [0.05, 0.1) is 25.4 Å². The molecular weight excluding hydrogens is 354 g/mol. The second-order valence-electron chi connectivity index (χ2n) is 6.78. The van der Waals surface area contributed by atoms with Crippen LogP contribution in [0.5, 0.6) is 0 Å². The third-order valence-electron chi connectivity index (χ3n) is 4.56. The van der Waals surface area contributed by atoms with Crippen molar-refractivity contribution in [1.29, 1.82) is 0 Å². The van der Waals surface area contributed by atoms with Crippen LogP contribution in [0.15, 0.2) is 0 Å². The molecule has 10 N–H and O–H groups in total. The summed E-state index contributed by atoms with van der Waals surface area (Å²) in [5.41, 5.74) is 0. The minimum atomic E-state index is -1.77. The maximum atomic E-state index is 10.1. The van der Waals surface area contributed by atoms with Crippen LogP contribution in [0.25, 0.3) is 0 Å².